The van der Waals surface area contributed by atoms with Crippen LogP contribution in [0.4, 0.5) is 5.69 Å². The predicted molar refractivity (Wildman–Crippen MR) is 79.1 cm³/mol. The fourth-order valence-corrected chi connectivity index (χ4v) is 1.97. The van der Waals surface area contributed by atoms with Gasteiger partial charge in [0.15, 0.2) is 0 Å². The standard InChI is InChI=1S/C16H19NO3/c1-19-11-12-4-3-5-14(8-12)17-10-13-9-15(20-2)6-7-16(13)18/h3-9,17-18H,10-11H2,1-2H3. The molecule has 2 rings (SSSR count). The van der Waals surface area contributed by atoms with Crippen molar-refractivity contribution < 1.29 is 14.6 Å². The molecular weight excluding hydrogens is 254 g/mol. The molecule has 20 heavy (non-hydrogen) atoms. The van der Waals surface area contributed by atoms with Crippen LogP contribution in [-0.2, 0) is 17.9 Å². The van der Waals surface area contributed by atoms with E-state index in [2.05, 4.69) is 5.32 Å². The van der Waals surface area contributed by atoms with Crippen molar-refractivity contribution in [1.29, 1.82) is 0 Å². The highest BCUT2D eigenvalue weighted by atomic mass is 16.5. The second-order valence-corrected chi connectivity index (χ2v) is 4.48. The zero-order valence-electron chi connectivity index (χ0n) is 11.7. The number of hydrogen-bond acceptors (Lipinski definition) is 4. The molecule has 2 aromatic rings. The van der Waals surface area contributed by atoms with Crippen molar-refractivity contribution in [1.82, 2.24) is 0 Å². The smallest absolute Gasteiger partial charge is 0.120 e. The molecule has 0 aromatic heterocycles. The van der Waals surface area contributed by atoms with Crippen LogP contribution in [0.15, 0.2) is 42.5 Å². The van der Waals surface area contributed by atoms with Gasteiger partial charge in [0, 0.05) is 24.9 Å². The molecule has 0 saturated carbocycles. The van der Waals surface area contributed by atoms with Crippen LogP contribution in [0.2, 0.25) is 0 Å². The van der Waals surface area contributed by atoms with Crippen LogP contribution in [0, 0.1) is 0 Å². The number of methoxy groups -OCH3 is 2. The van der Waals surface area contributed by atoms with E-state index in [0.717, 1.165) is 22.6 Å². The number of hydrogen-bond donors (Lipinski definition) is 2. The fourth-order valence-electron chi connectivity index (χ4n) is 1.97. The second-order valence-electron chi connectivity index (χ2n) is 4.48. The summed E-state index contributed by atoms with van der Waals surface area (Å²) in [6.07, 6.45) is 0. The molecule has 0 saturated heterocycles. The van der Waals surface area contributed by atoms with Gasteiger partial charge >= 0.3 is 0 Å². The van der Waals surface area contributed by atoms with Crippen molar-refractivity contribution in [3.8, 4) is 11.5 Å². The van der Waals surface area contributed by atoms with Crippen molar-refractivity contribution in [2.24, 2.45) is 0 Å². The van der Waals surface area contributed by atoms with Gasteiger partial charge in [-0.05, 0) is 35.9 Å². The van der Waals surface area contributed by atoms with Gasteiger partial charge in [-0.25, -0.2) is 0 Å². The number of anilines is 1. The Balaban J connectivity index is 2.06. The lowest BCUT2D eigenvalue weighted by atomic mass is 10.1. The third-order valence-electron chi connectivity index (χ3n) is 3.01. The van der Waals surface area contributed by atoms with E-state index in [1.165, 1.54) is 0 Å². The molecule has 0 amide bonds. The van der Waals surface area contributed by atoms with Gasteiger partial charge in [0.1, 0.15) is 11.5 Å². The Labute approximate surface area is 119 Å². The van der Waals surface area contributed by atoms with Crippen molar-refractivity contribution in [3.05, 3.63) is 53.6 Å². The van der Waals surface area contributed by atoms with Gasteiger partial charge in [-0.2, -0.15) is 0 Å². The molecule has 0 atom stereocenters. The number of ether oxygens (including phenoxy) is 2. The lowest BCUT2D eigenvalue weighted by molar-refractivity contribution is 0.185. The maximum Gasteiger partial charge on any atom is 0.120 e. The van der Waals surface area contributed by atoms with Crippen LogP contribution in [0.1, 0.15) is 11.1 Å². The number of phenols is 1. The largest absolute Gasteiger partial charge is 0.508 e. The molecular formula is C16H19NO3. The van der Waals surface area contributed by atoms with Crippen LogP contribution in [-0.4, -0.2) is 19.3 Å². The Morgan fingerprint density at radius 3 is 2.70 bits per heavy atom. The normalized spacial score (nSPS) is 10.3. The highest BCUT2D eigenvalue weighted by Gasteiger charge is 2.03. The summed E-state index contributed by atoms with van der Waals surface area (Å²) in [5, 5.41) is 13.1. The van der Waals surface area contributed by atoms with E-state index in [4.69, 9.17) is 9.47 Å². The molecule has 2 aromatic carbocycles. The maximum absolute atomic E-state index is 9.83. The number of phenolic OH excluding ortho intramolecular Hbond substituents is 1. The number of aromatic hydroxyl groups is 1. The summed E-state index contributed by atoms with van der Waals surface area (Å²) in [6, 6.07) is 13.2. The lowest BCUT2D eigenvalue weighted by Crippen LogP contribution is -2.01. The molecule has 4 nitrogen and oxygen atoms in total. The first kappa shape index (κ1) is 14.2. The summed E-state index contributed by atoms with van der Waals surface area (Å²) < 4.78 is 10.3. The van der Waals surface area contributed by atoms with Gasteiger partial charge in [-0.15, -0.1) is 0 Å². The van der Waals surface area contributed by atoms with Crippen LogP contribution in [0.25, 0.3) is 0 Å². The Morgan fingerprint density at radius 2 is 1.95 bits per heavy atom. The topological polar surface area (TPSA) is 50.7 Å². The van der Waals surface area contributed by atoms with E-state index in [9.17, 15) is 5.11 Å². The molecule has 0 aliphatic rings. The van der Waals surface area contributed by atoms with Crippen molar-refractivity contribution in [3.63, 3.8) is 0 Å². The number of nitrogens with one attached hydrogen (secondary N) is 1. The fraction of sp³-hybridized carbons (Fsp3) is 0.250. The van der Waals surface area contributed by atoms with E-state index in [-0.39, 0.29) is 5.75 Å². The first-order chi connectivity index (χ1) is 9.72. The van der Waals surface area contributed by atoms with Crippen LogP contribution < -0.4 is 10.1 Å². The van der Waals surface area contributed by atoms with E-state index < -0.39 is 0 Å². The highest BCUT2D eigenvalue weighted by Crippen LogP contribution is 2.24. The summed E-state index contributed by atoms with van der Waals surface area (Å²) in [4.78, 5) is 0. The predicted octanol–water partition coefficient (Wildman–Crippen LogP) is 3.16. The Hall–Kier alpha value is -2.20. The van der Waals surface area contributed by atoms with E-state index in [1.54, 1.807) is 26.4 Å². The monoisotopic (exact) mass is 273 g/mol. The zero-order chi connectivity index (χ0) is 14.4. The molecule has 0 bridgehead atoms. The minimum Gasteiger partial charge on any atom is -0.508 e. The van der Waals surface area contributed by atoms with Gasteiger partial charge in [0.05, 0.1) is 13.7 Å². The summed E-state index contributed by atoms with van der Waals surface area (Å²) >= 11 is 0. The average molecular weight is 273 g/mol. The zero-order valence-corrected chi connectivity index (χ0v) is 11.7. The van der Waals surface area contributed by atoms with E-state index >= 15 is 0 Å². The number of rotatable bonds is 6. The SMILES string of the molecule is COCc1cccc(NCc2cc(OC)ccc2O)c1. The quantitative estimate of drug-likeness (QED) is 0.849. The lowest BCUT2D eigenvalue weighted by Gasteiger charge is -2.11. The molecule has 0 heterocycles. The van der Waals surface area contributed by atoms with Gasteiger partial charge in [0.2, 0.25) is 0 Å². The van der Waals surface area contributed by atoms with Gasteiger partial charge in [-0.1, -0.05) is 12.1 Å². The Kier molecular flexibility index (Phi) is 4.85. The molecule has 0 radical (unpaired) electrons. The molecule has 0 fully saturated rings. The summed E-state index contributed by atoms with van der Waals surface area (Å²) in [5.41, 5.74) is 2.88. The molecule has 106 valence electrons. The third kappa shape index (κ3) is 3.65. The first-order valence-corrected chi connectivity index (χ1v) is 6.40. The minimum atomic E-state index is 0.256. The van der Waals surface area contributed by atoms with E-state index in [1.807, 2.05) is 30.3 Å². The van der Waals surface area contributed by atoms with Gasteiger partial charge in [0.25, 0.3) is 0 Å². The van der Waals surface area contributed by atoms with Crippen LogP contribution in [0.3, 0.4) is 0 Å². The third-order valence-corrected chi connectivity index (χ3v) is 3.01. The minimum absolute atomic E-state index is 0.256. The van der Waals surface area contributed by atoms with Crippen LogP contribution >= 0.6 is 0 Å². The average Bonchev–Trinajstić information content (AvgIpc) is 2.47. The Bertz CT molecular complexity index is 569. The van der Waals surface area contributed by atoms with Crippen LogP contribution in [0.5, 0.6) is 11.5 Å². The first-order valence-electron chi connectivity index (χ1n) is 6.40. The Morgan fingerprint density at radius 1 is 1.10 bits per heavy atom. The molecule has 0 aliphatic heterocycles. The molecule has 0 spiro atoms. The molecule has 2 N–H and O–H groups in total. The molecule has 0 unspecified atom stereocenters. The number of benzene rings is 2. The molecule has 4 heteroatoms. The van der Waals surface area contributed by atoms with Gasteiger partial charge in [-0.3, -0.25) is 0 Å². The summed E-state index contributed by atoms with van der Waals surface area (Å²) in [5.74, 6) is 0.985. The van der Waals surface area contributed by atoms with Crippen molar-refractivity contribution in [2.45, 2.75) is 13.2 Å². The summed E-state index contributed by atoms with van der Waals surface area (Å²) in [6.45, 7) is 1.11. The summed E-state index contributed by atoms with van der Waals surface area (Å²) in [7, 11) is 3.28. The molecule has 0 aliphatic carbocycles. The second kappa shape index (κ2) is 6.82. The highest BCUT2D eigenvalue weighted by molar-refractivity contribution is 5.48. The van der Waals surface area contributed by atoms with Crippen molar-refractivity contribution >= 4 is 5.69 Å². The van der Waals surface area contributed by atoms with E-state index in [0.29, 0.717) is 13.2 Å². The van der Waals surface area contributed by atoms with Gasteiger partial charge < -0.3 is 19.9 Å². The van der Waals surface area contributed by atoms with Crippen molar-refractivity contribution in [2.75, 3.05) is 19.5 Å². The maximum atomic E-state index is 9.83.